The average molecular weight is 361 g/mol. The fourth-order valence-electron chi connectivity index (χ4n) is 2.87. The first kappa shape index (κ1) is 15.5. The van der Waals surface area contributed by atoms with E-state index in [-0.39, 0.29) is 11.0 Å². The highest BCUT2D eigenvalue weighted by Crippen LogP contribution is 2.28. The molecular formula is C18H21BrN2O. The van der Waals surface area contributed by atoms with Crippen molar-refractivity contribution in [3.8, 4) is 11.3 Å². The molecule has 0 aliphatic carbocycles. The molecule has 1 aliphatic rings. The molecule has 22 heavy (non-hydrogen) atoms. The summed E-state index contributed by atoms with van der Waals surface area (Å²) in [5, 5.41) is 0. The summed E-state index contributed by atoms with van der Waals surface area (Å²) >= 11 is 3.46. The largest absolute Gasteiger partial charge is 0.296 e. The molecule has 0 fully saturated rings. The molecule has 0 amide bonds. The second-order valence-electron chi connectivity index (χ2n) is 6.93. The van der Waals surface area contributed by atoms with E-state index in [0.717, 1.165) is 42.9 Å². The first-order valence-electron chi connectivity index (χ1n) is 7.78. The van der Waals surface area contributed by atoms with Crippen molar-refractivity contribution in [3.05, 3.63) is 50.5 Å². The lowest BCUT2D eigenvalue weighted by atomic mass is 9.86. The van der Waals surface area contributed by atoms with Crippen molar-refractivity contribution >= 4 is 15.9 Å². The van der Waals surface area contributed by atoms with Crippen LogP contribution in [0.3, 0.4) is 0 Å². The van der Waals surface area contributed by atoms with Crippen molar-refractivity contribution in [3.63, 3.8) is 0 Å². The molecule has 0 saturated heterocycles. The number of nitrogens with zero attached hydrogens (tertiary/aromatic N) is 2. The van der Waals surface area contributed by atoms with Crippen LogP contribution in [-0.2, 0) is 18.4 Å². The third-order valence-corrected chi connectivity index (χ3v) is 4.96. The van der Waals surface area contributed by atoms with Crippen LogP contribution < -0.4 is 5.56 Å². The van der Waals surface area contributed by atoms with E-state index in [1.165, 1.54) is 5.56 Å². The van der Waals surface area contributed by atoms with Gasteiger partial charge in [0.25, 0.3) is 5.56 Å². The zero-order chi connectivity index (χ0) is 15.9. The van der Waals surface area contributed by atoms with Crippen LogP contribution in [0.25, 0.3) is 11.3 Å². The van der Waals surface area contributed by atoms with Crippen LogP contribution in [-0.4, -0.2) is 9.55 Å². The number of halogens is 1. The Balaban J connectivity index is 2.09. The Morgan fingerprint density at radius 3 is 2.45 bits per heavy atom. The molecule has 0 saturated carbocycles. The quantitative estimate of drug-likeness (QED) is 0.759. The van der Waals surface area contributed by atoms with Crippen LogP contribution in [0.4, 0.5) is 0 Å². The van der Waals surface area contributed by atoms with Gasteiger partial charge in [0.05, 0.1) is 5.69 Å². The van der Waals surface area contributed by atoms with Gasteiger partial charge in [-0.2, -0.15) is 0 Å². The second kappa shape index (κ2) is 5.65. The summed E-state index contributed by atoms with van der Waals surface area (Å²) in [6, 6.07) is 8.38. The van der Waals surface area contributed by atoms with E-state index in [1.54, 1.807) is 4.57 Å². The number of rotatable bonds is 1. The third-order valence-electron chi connectivity index (χ3n) is 4.25. The Hall–Kier alpha value is -1.42. The van der Waals surface area contributed by atoms with Gasteiger partial charge in [0.1, 0.15) is 10.3 Å². The van der Waals surface area contributed by atoms with Crippen molar-refractivity contribution < 1.29 is 0 Å². The molecular weight excluding hydrogens is 340 g/mol. The summed E-state index contributed by atoms with van der Waals surface area (Å²) < 4.78 is 2.38. The molecule has 0 radical (unpaired) electrons. The molecule has 2 aromatic rings. The highest BCUT2D eigenvalue weighted by Gasteiger charge is 2.19. The molecule has 0 unspecified atom stereocenters. The van der Waals surface area contributed by atoms with E-state index in [9.17, 15) is 4.79 Å². The number of hydrogen-bond acceptors (Lipinski definition) is 2. The Bertz CT molecular complexity index is 754. The summed E-state index contributed by atoms with van der Waals surface area (Å²) in [5.41, 5.74) is 3.20. The van der Waals surface area contributed by atoms with Gasteiger partial charge in [0, 0.05) is 18.5 Å². The van der Waals surface area contributed by atoms with Crippen molar-refractivity contribution in [1.29, 1.82) is 0 Å². The van der Waals surface area contributed by atoms with Gasteiger partial charge in [-0.05, 0) is 39.8 Å². The standard InChI is InChI=1S/C18H21BrN2O/c1-18(2,3)13-9-7-12(8-10-13)16-15(19)17(22)21-11-5-4-6-14(21)20-16/h7-10H,4-6,11H2,1-3H3. The Morgan fingerprint density at radius 1 is 1.14 bits per heavy atom. The SMILES string of the molecule is CC(C)(C)c1ccc(-c2nc3n(c(=O)c2Br)CCCC3)cc1. The molecule has 0 N–H and O–H groups in total. The molecule has 3 nitrogen and oxygen atoms in total. The van der Waals surface area contributed by atoms with Gasteiger partial charge in [-0.3, -0.25) is 9.36 Å². The molecule has 116 valence electrons. The van der Waals surface area contributed by atoms with Crippen molar-refractivity contribution in [2.45, 2.75) is 52.0 Å². The van der Waals surface area contributed by atoms with E-state index in [1.807, 2.05) is 0 Å². The first-order valence-corrected chi connectivity index (χ1v) is 8.57. The van der Waals surface area contributed by atoms with E-state index in [0.29, 0.717) is 4.47 Å². The number of fused-ring (bicyclic) bond motifs is 1. The molecule has 0 bridgehead atoms. The first-order chi connectivity index (χ1) is 10.4. The summed E-state index contributed by atoms with van der Waals surface area (Å²) in [4.78, 5) is 17.3. The van der Waals surface area contributed by atoms with Gasteiger partial charge in [0.2, 0.25) is 0 Å². The zero-order valence-electron chi connectivity index (χ0n) is 13.3. The minimum atomic E-state index is 0.0413. The molecule has 1 aromatic heterocycles. The predicted molar refractivity (Wildman–Crippen MR) is 93.3 cm³/mol. The Morgan fingerprint density at radius 2 is 1.82 bits per heavy atom. The molecule has 0 spiro atoms. The lowest BCUT2D eigenvalue weighted by Gasteiger charge is -2.20. The summed E-state index contributed by atoms with van der Waals surface area (Å²) in [6.07, 6.45) is 3.05. The predicted octanol–water partition coefficient (Wildman–Crippen LogP) is 4.31. The van der Waals surface area contributed by atoms with Crippen molar-refractivity contribution in [2.75, 3.05) is 0 Å². The van der Waals surface area contributed by atoms with Crippen LogP contribution in [0.5, 0.6) is 0 Å². The summed E-state index contributed by atoms with van der Waals surface area (Å²) in [5.74, 6) is 0.911. The number of aryl methyl sites for hydroxylation is 1. The molecule has 4 heteroatoms. The number of benzene rings is 1. The van der Waals surface area contributed by atoms with Crippen LogP contribution in [0.15, 0.2) is 33.5 Å². The highest BCUT2D eigenvalue weighted by atomic mass is 79.9. The van der Waals surface area contributed by atoms with Crippen LogP contribution in [0.2, 0.25) is 0 Å². The van der Waals surface area contributed by atoms with Gasteiger partial charge >= 0.3 is 0 Å². The number of aromatic nitrogens is 2. The molecule has 1 aromatic carbocycles. The summed E-state index contributed by atoms with van der Waals surface area (Å²) in [6.45, 7) is 7.37. The van der Waals surface area contributed by atoms with Crippen LogP contribution in [0, 0.1) is 0 Å². The zero-order valence-corrected chi connectivity index (χ0v) is 14.9. The van der Waals surface area contributed by atoms with Gasteiger partial charge in [-0.25, -0.2) is 4.98 Å². The third kappa shape index (κ3) is 2.76. The minimum Gasteiger partial charge on any atom is -0.296 e. The maximum absolute atomic E-state index is 12.5. The fourth-order valence-corrected chi connectivity index (χ4v) is 3.40. The van der Waals surface area contributed by atoms with E-state index < -0.39 is 0 Å². The molecule has 2 heterocycles. The van der Waals surface area contributed by atoms with E-state index in [4.69, 9.17) is 4.98 Å². The Kier molecular flexibility index (Phi) is 3.98. The molecule has 0 atom stereocenters. The maximum Gasteiger partial charge on any atom is 0.268 e. The minimum absolute atomic E-state index is 0.0413. The topological polar surface area (TPSA) is 34.9 Å². The van der Waals surface area contributed by atoms with Gasteiger partial charge in [0.15, 0.2) is 0 Å². The normalized spacial score (nSPS) is 14.7. The lowest BCUT2D eigenvalue weighted by Crippen LogP contribution is -2.29. The van der Waals surface area contributed by atoms with E-state index >= 15 is 0 Å². The maximum atomic E-state index is 12.5. The smallest absolute Gasteiger partial charge is 0.268 e. The van der Waals surface area contributed by atoms with Gasteiger partial charge < -0.3 is 0 Å². The average Bonchev–Trinajstić information content (AvgIpc) is 2.50. The number of hydrogen-bond donors (Lipinski definition) is 0. The fraction of sp³-hybridized carbons (Fsp3) is 0.444. The molecule has 1 aliphatic heterocycles. The van der Waals surface area contributed by atoms with Crippen molar-refractivity contribution in [1.82, 2.24) is 9.55 Å². The van der Waals surface area contributed by atoms with Crippen molar-refractivity contribution in [2.24, 2.45) is 0 Å². The summed E-state index contributed by atoms with van der Waals surface area (Å²) in [7, 11) is 0. The van der Waals surface area contributed by atoms with E-state index in [2.05, 4.69) is 61.0 Å². The molecule has 3 rings (SSSR count). The Labute approximate surface area is 139 Å². The highest BCUT2D eigenvalue weighted by molar-refractivity contribution is 9.10. The second-order valence-corrected chi connectivity index (χ2v) is 7.72. The lowest BCUT2D eigenvalue weighted by molar-refractivity contribution is 0.495. The van der Waals surface area contributed by atoms with Crippen LogP contribution >= 0.6 is 15.9 Å². The monoisotopic (exact) mass is 360 g/mol. The van der Waals surface area contributed by atoms with Gasteiger partial charge in [-0.15, -0.1) is 0 Å². The van der Waals surface area contributed by atoms with Crippen LogP contribution in [0.1, 0.15) is 45.0 Å². The van der Waals surface area contributed by atoms with Gasteiger partial charge in [-0.1, -0.05) is 45.0 Å².